The molecule has 126 valence electrons. The second kappa shape index (κ2) is 5.65. The maximum atomic E-state index is 12.7. The molecule has 1 aromatic rings. The Bertz CT molecular complexity index is 692. The Balaban J connectivity index is 1.43. The maximum absolute atomic E-state index is 12.7. The van der Waals surface area contributed by atoms with Gasteiger partial charge in [-0.1, -0.05) is 24.8 Å². The number of hydrogen-bond donors (Lipinski definition) is 0. The second-order valence-electron chi connectivity index (χ2n) is 6.93. The van der Waals surface area contributed by atoms with E-state index in [-0.39, 0.29) is 23.3 Å². The fraction of sp³-hybridized carbons (Fsp3) is 0.474. The minimum absolute atomic E-state index is 0.0452. The third-order valence-electron chi connectivity index (χ3n) is 5.76. The van der Waals surface area contributed by atoms with E-state index in [9.17, 15) is 9.59 Å². The predicted octanol–water partition coefficient (Wildman–Crippen LogP) is 1.73. The van der Waals surface area contributed by atoms with E-state index < -0.39 is 0 Å². The molecule has 0 saturated carbocycles. The van der Waals surface area contributed by atoms with E-state index in [1.54, 1.807) is 4.90 Å². The van der Waals surface area contributed by atoms with Gasteiger partial charge < -0.3 is 14.5 Å². The van der Waals surface area contributed by atoms with Gasteiger partial charge >= 0.3 is 0 Å². The minimum Gasteiger partial charge on any atom is -0.492 e. The number of para-hydroxylation sites is 1. The Morgan fingerprint density at radius 1 is 1.21 bits per heavy atom. The number of piperidine rings is 1. The first-order valence-electron chi connectivity index (χ1n) is 8.59. The van der Waals surface area contributed by atoms with Gasteiger partial charge in [-0.3, -0.25) is 9.59 Å². The molecule has 2 fully saturated rings. The van der Waals surface area contributed by atoms with Gasteiger partial charge in [-0.15, -0.1) is 0 Å². The molecule has 2 saturated heterocycles. The molecule has 3 aliphatic rings. The Morgan fingerprint density at radius 2 is 1.96 bits per heavy atom. The van der Waals surface area contributed by atoms with Gasteiger partial charge in [0.1, 0.15) is 11.8 Å². The van der Waals surface area contributed by atoms with Crippen molar-refractivity contribution in [3.63, 3.8) is 0 Å². The first-order valence-corrected chi connectivity index (χ1v) is 8.59. The largest absolute Gasteiger partial charge is 0.492 e. The van der Waals surface area contributed by atoms with Crippen LogP contribution < -0.4 is 4.74 Å². The Morgan fingerprint density at radius 3 is 2.62 bits per heavy atom. The number of carbonyl (C=O) groups is 2. The lowest BCUT2D eigenvalue weighted by molar-refractivity contribution is -0.151. The van der Waals surface area contributed by atoms with Crippen LogP contribution in [0.5, 0.6) is 5.75 Å². The first-order chi connectivity index (χ1) is 11.6. The molecule has 1 unspecified atom stereocenters. The van der Waals surface area contributed by atoms with Crippen LogP contribution in [0, 0.1) is 0 Å². The molecule has 2 amide bonds. The van der Waals surface area contributed by atoms with E-state index >= 15 is 0 Å². The van der Waals surface area contributed by atoms with Crippen molar-refractivity contribution in [3.8, 4) is 5.75 Å². The molecule has 1 atom stereocenters. The van der Waals surface area contributed by atoms with Crippen molar-refractivity contribution in [2.45, 2.75) is 30.7 Å². The lowest BCUT2D eigenvalue weighted by Crippen LogP contribution is -2.60. The van der Waals surface area contributed by atoms with Gasteiger partial charge in [0.05, 0.1) is 6.61 Å². The van der Waals surface area contributed by atoms with Crippen LogP contribution in [0.15, 0.2) is 36.9 Å². The molecule has 3 aliphatic heterocycles. The normalized spacial score (nSPS) is 24.1. The number of fused-ring (bicyclic) bond motifs is 2. The van der Waals surface area contributed by atoms with Crippen molar-refractivity contribution in [3.05, 3.63) is 42.5 Å². The van der Waals surface area contributed by atoms with Crippen LogP contribution in [0.3, 0.4) is 0 Å². The molecule has 1 spiro atoms. The van der Waals surface area contributed by atoms with Crippen molar-refractivity contribution < 1.29 is 14.3 Å². The highest BCUT2D eigenvalue weighted by Crippen LogP contribution is 2.45. The van der Waals surface area contributed by atoms with Crippen molar-refractivity contribution in [1.82, 2.24) is 9.80 Å². The zero-order chi connectivity index (χ0) is 16.7. The van der Waals surface area contributed by atoms with Crippen LogP contribution in [0.1, 0.15) is 24.8 Å². The summed E-state index contributed by atoms with van der Waals surface area (Å²) in [5, 5.41) is 0. The average molecular weight is 326 g/mol. The van der Waals surface area contributed by atoms with Gasteiger partial charge in [0.2, 0.25) is 11.8 Å². The average Bonchev–Trinajstić information content (AvgIpc) is 2.93. The SMILES string of the molecule is C=CC(=O)N1CCC1C(=O)N1CCC2(CC1)COc1ccccc12. The van der Waals surface area contributed by atoms with E-state index in [0.29, 0.717) is 13.2 Å². The zero-order valence-corrected chi connectivity index (χ0v) is 13.7. The van der Waals surface area contributed by atoms with Gasteiger partial charge in [-0.2, -0.15) is 0 Å². The number of carbonyl (C=O) groups excluding carboxylic acids is 2. The molecule has 5 heteroatoms. The highest BCUT2D eigenvalue weighted by Gasteiger charge is 2.46. The molecule has 0 radical (unpaired) electrons. The Labute approximate surface area is 141 Å². The summed E-state index contributed by atoms with van der Waals surface area (Å²) >= 11 is 0. The summed E-state index contributed by atoms with van der Waals surface area (Å²) < 4.78 is 5.86. The molecule has 1 aromatic carbocycles. The second-order valence-corrected chi connectivity index (χ2v) is 6.93. The summed E-state index contributed by atoms with van der Waals surface area (Å²) in [5.74, 6) is 0.920. The van der Waals surface area contributed by atoms with E-state index in [0.717, 1.165) is 38.1 Å². The van der Waals surface area contributed by atoms with Gasteiger partial charge in [0, 0.05) is 30.6 Å². The summed E-state index contributed by atoms with van der Waals surface area (Å²) in [6, 6.07) is 7.93. The molecule has 0 N–H and O–H groups in total. The molecule has 4 rings (SSSR count). The van der Waals surface area contributed by atoms with E-state index in [1.807, 2.05) is 17.0 Å². The van der Waals surface area contributed by atoms with Crippen LogP contribution in [0.2, 0.25) is 0 Å². The quantitative estimate of drug-likeness (QED) is 0.778. The van der Waals surface area contributed by atoms with Gasteiger partial charge in [0.15, 0.2) is 0 Å². The summed E-state index contributed by atoms with van der Waals surface area (Å²) in [6.45, 7) is 6.32. The summed E-state index contributed by atoms with van der Waals surface area (Å²) in [7, 11) is 0. The molecular formula is C19H22N2O3. The molecule has 0 aliphatic carbocycles. The zero-order valence-electron chi connectivity index (χ0n) is 13.7. The predicted molar refractivity (Wildman–Crippen MR) is 89.7 cm³/mol. The van der Waals surface area contributed by atoms with Gasteiger partial charge in [0.25, 0.3) is 0 Å². The Kier molecular flexibility index (Phi) is 3.59. The molecule has 0 bridgehead atoms. The highest BCUT2D eigenvalue weighted by molar-refractivity contribution is 5.94. The van der Waals surface area contributed by atoms with Crippen LogP contribution in [-0.2, 0) is 15.0 Å². The number of rotatable bonds is 2. The third kappa shape index (κ3) is 2.22. The number of hydrogen-bond acceptors (Lipinski definition) is 3. The van der Waals surface area contributed by atoms with Crippen LogP contribution in [-0.4, -0.2) is 53.9 Å². The fourth-order valence-electron chi connectivity index (χ4n) is 4.13. The lowest BCUT2D eigenvalue weighted by Gasteiger charge is -2.45. The topological polar surface area (TPSA) is 49.9 Å². The van der Waals surface area contributed by atoms with Crippen LogP contribution >= 0.6 is 0 Å². The minimum atomic E-state index is -0.295. The summed E-state index contributed by atoms with van der Waals surface area (Å²) in [4.78, 5) is 28.0. The number of likely N-dealkylation sites (tertiary alicyclic amines) is 2. The van der Waals surface area contributed by atoms with Crippen molar-refractivity contribution >= 4 is 11.8 Å². The van der Waals surface area contributed by atoms with Crippen LogP contribution in [0.25, 0.3) is 0 Å². The van der Waals surface area contributed by atoms with Crippen molar-refractivity contribution in [2.75, 3.05) is 26.2 Å². The smallest absolute Gasteiger partial charge is 0.246 e. The van der Waals surface area contributed by atoms with Gasteiger partial charge in [-0.25, -0.2) is 0 Å². The maximum Gasteiger partial charge on any atom is 0.246 e. The molecule has 0 aromatic heterocycles. The first kappa shape index (κ1) is 15.2. The molecular weight excluding hydrogens is 304 g/mol. The standard InChI is InChI=1S/C19H22N2O3/c1-2-17(22)21-10-7-15(21)18(23)20-11-8-19(9-12-20)13-24-16-6-4-3-5-14(16)19/h2-6,15H,1,7-13H2. The molecule has 3 heterocycles. The number of benzene rings is 1. The molecule has 5 nitrogen and oxygen atoms in total. The lowest BCUT2D eigenvalue weighted by atomic mass is 9.74. The third-order valence-corrected chi connectivity index (χ3v) is 5.76. The fourth-order valence-corrected chi connectivity index (χ4v) is 4.13. The number of amides is 2. The van der Waals surface area contributed by atoms with E-state index in [1.165, 1.54) is 11.6 Å². The monoisotopic (exact) mass is 326 g/mol. The highest BCUT2D eigenvalue weighted by atomic mass is 16.5. The van der Waals surface area contributed by atoms with E-state index in [4.69, 9.17) is 4.74 Å². The number of nitrogens with zero attached hydrogens (tertiary/aromatic N) is 2. The van der Waals surface area contributed by atoms with Crippen LogP contribution in [0.4, 0.5) is 0 Å². The molecule has 24 heavy (non-hydrogen) atoms. The summed E-state index contributed by atoms with van der Waals surface area (Å²) in [6.07, 6.45) is 3.87. The number of ether oxygens (including phenoxy) is 1. The summed E-state index contributed by atoms with van der Waals surface area (Å²) in [5.41, 5.74) is 1.33. The van der Waals surface area contributed by atoms with E-state index in [2.05, 4.69) is 18.7 Å². The van der Waals surface area contributed by atoms with Crippen molar-refractivity contribution in [2.24, 2.45) is 0 Å². The van der Waals surface area contributed by atoms with Gasteiger partial charge in [-0.05, 0) is 31.4 Å². The Hall–Kier alpha value is -2.30. The van der Waals surface area contributed by atoms with Crippen molar-refractivity contribution in [1.29, 1.82) is 0 Å².